The van der Waals surface area contributed by atoms with E-state index in [9.17, 15) is 14.9 Å². The number of benzene rings is 1. The standard InChI is InChI=1S/C13H11N3O3S/c17-11(15-12-14-8-10(20-12)16(18)19)13(6-7-13)9-4-2-1-3-5-9/h1-5,8H,6-7H2,(H,14,15,17). The summed E-state index contributed by atoms with van der Waals surface area (Å²) in [5.74, 6) is -0.145. The molecule has 7 heteroatoms. The number of hydrogen-bond acceptors (Lipinski definition) is 5. The number of nitrogens with zero attached hydrogens (tertiary/aromatic N) is 2. The fourth-order valence-corrected chi connectivity index (χ4v) is 2.78. The quantitative estimate of drug-likeness (QED) is 0.692. The SMILES string of the molecule is O=C(Nc1ncc([N+](=O)[O-])s1)C1(c2ccccc2)CC1. The molecular weight excluding hydrogens is 278 g/mol. The van der Waals surface area contributed by atoms with Gasteiger partial charge in [0.05, 0.1) is 10.3 Å². The van der Waals surface area contributed by atoms with E-state index >= 15 is 0 Å². The number of anilines is 1. The number of rotatable bonds is 4. The van der Waals surface area contributed by atoms with Crippen molar-refractivity contribution in [3.63, 3.8) is 0 Å². The molecule has 0 bridgehead atoms. The van der Waals surface area contributed by atoms with Crippen molar-refractivity contribution in [1.82, 2.24) is 4.98 Å². The number of thiazole rings is 1. The zero-order valence-corrected chi connectivity index (χ0v) is 11.2. The summed E-state index contributed by atoms with van der Waals surface area (Å²) in [6.07, 6.45) is 2.73. The van der Waals surface area contributed by atoms with Crippen molar-refractivity contribution in [2.75, 3.05) is 5.32 Å². The Labute approximate surface area is 118 Å². The van der Waals surface area contributed by atoms with Crippen molar-refractivity contribution in [1.29, 1.82) is 0 Å². The van der Waals surface area contributed by atoms with Crippen LogP contribution in [0.25, 0.3) is 0 Å². The average molecular weight is 289 g/mol. The first-order valence-corrected chi connectivity index (χ1v) is 6.91. The fourth-order valence-electron chi connectivity index (χ4n) is 2.15. The molecule has 0 atom stereocenters. The molecule has 1 aromatic heterocycles. The topological polar surface area (TPSA) is 85.1 Å². The Balaban J connectivity index is 1.78. The van der Waals surface area contributed by atoms with Gasteiger partial charge in [0.2, 0.25) is 5.91 Å². The molecule has 20 heavy (non-hydrogen) atoms. The van der Waals surface area contributed by atoms with Crippen molar-refractivity contribution < 1.29 is 9.72 Å². The van der Waals surface area contributed by atoms with Gasteiger partial charge in [-0.15, -0.1) is 0 Å². The van der Waals surface area contributed by atoms with E-state index in [-0.39, 0.29) is 16.0 Å². The Kier molecular flexibility index (Phi) is 2.98. The lowest BCUT2D eigenvalue weighted by Crippen LogP contribution is -2.27. The second-order valence-corrected chi connectivity index (χ2v) is 5.67. The highest BCUT2D eigenvalue weighted by Crippen LogP contribution is 2.49. The van der Waals surface area contributed by atoms with E-state index in [1.807, 2.05) is 30.3 Å². The van der Waals surface area contributed by atoms with Crippen LogP contribution in [0, 0.1) is 10.1 Å². The summed E-state index contributed by atoms with van der Waals surface area (Å²) in [6, 6.07) is 9.56. The van der Waals surface area contributed by atoms with Crippen molar-refractivity contribution in [2.45, 2.75) is 18.3 Å². The van der Waals surface area contributed by atoms with Crippen molar-refractivity contribution in [3.8, 4) is 0 Å². The Morgan fingerprint density at radius 3 is 2.60 bits per heavy atom. The van der Waals surface area contributed by atoms with Gasteiger partial charge in [0, 0.05) is 0 Å². The normalized spacial score (nSPS) is 15.6. The maximum absolute atomic E-state index is 12.4. The third kappa shape index (κ3) is 2.16. The van der Waals surface area contributed by atoms with Crippen LogP contribution in [0.15, 0.2) is 36.5 Å². The molecule has 102 valence electrons. The summed E-state index contributed by atoms with van der Waals surface area (Å²) in [6.45, 7) is 0. The van der Waals surface area contributed by atoms with Crippen LogP contribution in [0.1, 0.15) is 18.4 Å². The van der Waals surface area contributed by atoms with E-state index in [4.69, 9.17) is 0 Å². The predicted octanol–water partition coefficient (Wildman–Crippen LogP) is 2.72. The van der Waals surface area contributed by atoms with Crippen molar-refractivity contribution in [3.05, 3.63) is 52.2 Å². The minimum atomic E-state index is -0.516. The number of aromatic nitrogens is 1. The van der Waals surface area contributed by atoms with Gasteiger partial charge in [-0.05, 0) is 29.7 Å². The largest absolute Gasteiger partial charge is 0.345 e. The smallest absolute Gasteiger partial charge is 0.301 e. The lowest BCUT2D eigenvalue weighted by Gasteiger charge is -2.14. The zero-order chi connectivity index (χ0) is 14.2. The summed E-state index contributed by atoms with van der Waals surface area (Å²) >= 11 is 0.866. The van der Waals surface area contributed by atoms with E-state index in [2.05, 4.69) is 10.3 Å². The Bertz CT molecular complexity index is 665. The van der Waals surface area contributed by atoms with Gasteiger partial charge in [-0.25, -0.2) is 4.98 Å². The molecule has 0 radical (unpaired) electrons. The molecule has 2 aromatic rings. The molecule has 0 unspecified atom stereocenters. The van der Waals surface area contributed by atoms with Gasteiger partial charge >= 0.3 is 5.00 Å². The van der Waals surface area contributed by atoms with E-state index in [0.717, 1.165) is 35.9 Å². The van der Waals surface area contributed by atoms with Gasteiger partial charge in [0.1, 0.15) is 6.20 Å². The third-order valence-electron chi connectivity index (χ3n) is 3.40. The van der Waals surface area contributed by atoms with Crippen molar-refractivity contribution >= 4 is 27.4 Å². The summed E-state index contributed by atoms with van der Waals surface area (Å²) in [5, 5.41) is 13.5. The summed E-state index contributed by atoms with van der Waals surface area (Å²) in [7, 11) is 0. The molecule has 1 fully saturated rings. The lowest BCUT2D eigenvalue weighted by atomic mass is 9.95. The van der Waals surface area contributed by atoms with E-state index < -0.39 is 10.3 Å². The van der Waals surface area contributed by atoms with Crippen molar-refractivity contribution in [2.24, 2.45) is 0 Å². The number of nitrogens with one attached hydrogen (secondary N) is 1. The van der Waals surface area contributed by atoms with E-state index in [0.29, 0.717) is 0 Å². The Morgan fingerprint density at radius 1 is 1.35 bits per heavy atom. The monoisotopic (exact) mass is 289 g/mol. The molecule has 1 aromatic carbocycles. The van der Waals surface area contributed by atoms with Crippen LogP contribution in [-0.2, 0) is 10.2 Å². The maximum Gasteiger partial charge on any atom is 0.345 e. The molecule has 1 aliphatic rings. The zero-order valence-electron chi connectivity index (χ0n) is 10.4. The van der Waals surface area contributed by atoms with Gasteiger partial charge in [0.15, 0.2) is 5.13 Å². The second kappa shape index (κ2) is 4.68. The summed E-state index contributed by atoms with van der Waals surface area (Å²) < 4.78 is 0. The molecule has 0 spiro atoms. The van der Waals surface area contributed by atoms with E-state index in [1.165, 1.54) is 0 Å². The maximum atomic E-state index is 12.4. The number of carbonyl (C=O) groups excluding carboxylic acids is 1. The van der Waals surface area contributed by atoms with Crippen LogP contribution in [0.3, 0.4) is 0 Å². The van der Waals surface area contributed by atoms with E-state index in [1.54, 1.807) is 0 Å². The molecular formula is C13H11N3O3S. The van der Waals surface area contributed by atoms with Crippen LogP contribution in [-0.4, -0.2) is 15.8 Å². The first kappa shape index (κ1) is 12.7. The predicted molar refractivity (Wildman–Crippen MR) is 74.8 cm³/mol. The minimum absolute atomic E-state index is 0.0788. The molecule has 0 aliphatic heterocycles. The first-order chi connectivity index (χ1) is 9.62. The average Bonchev–Trinajstić information content (AvgIpc) is 3.14. The van der Waals surface area contributed by atoms with Gasteiger partial charge < -0.3 is 5.32 Å². The van der Waals surface area contributed by atoms with Crippen LogP contribution in [0.5, 0.6) is 0 Å². The molecule has 0 saturated heterocycles. The molecule has 1 N–H and O–H groups in total. The number of carbonyl (C=O) groups is 1. The number of amides is 1. The van der Waals surface area contributed by atoms with Gasteiger partial charge in [-0.1, -0.05) is 30.3 Å². The first-order valence-electron chi connectivity index (χ1n) is 6.09. The van der Waals surface area contributed by atoms with Gasteiger partial charge in [-0.2, -0.15) is 0 Å². The number of hydrogen-bond donors (Lipinski definition) is 1. The van der Waals surface area contributed by atoms with Crippen LogP contribution < -0.4 is 5.32 Å². The lowest BCUT2D eigenvalue weighted by molar-refractivity contribution is -0.380. The van der Waals surface area contributed by atoms with Crippen LogP contribution in [0.4, 0.5) is 10.1 Å². The molecule has 1 heterocycles. The highest BCUT2D eigenvalue weighted by atomic mass is 32.1. The molecule has 1 amide bonds. The third-order valence-corrected chi connectivity index (χ3v) is 4.27. The molecule has 1 aliphatic carbocycles. The highest BCUT2D eigenvalue weighted by Gasteiger charge is 2.51. The van der Waals surface area contributed by atoms with Gasteiger partial charge in [0.25, 0.3) is 0 Å². The Hall–Kier alpha value is -2.28. The summed E-state index contributed by atoms with van der Waals surface area (Å²) in [5.41, 5.74) is 0.477. The minimum Gasteiger partial charge on any atom is -0.301 e. The highest BCUT2D eigenvalue weighted by molar-refractivity contribution is 7.18. The number of nitro groups is 1. The molecule has 1 saturated carbocycles. The Morgan fingerprint density at radius 2 is 2.05 bits per heavy atom. The van der Waals surface area contributed by atoms with Gasteiger partial charge in [-0.3, -0.25) is 14.9 Å². The second-order valence-electron chi connectivity index (χ2n) is 4.66. The molecule has 3 rings (SSSR count). The summed E-state index contributed by atoms with van der Waals surface area (Å²) in [4.78, 5) is 26.3. The van der Waals surface area contributed by atoms with Crippen LogP contribution >= 0.6 is 11.3 Å². The fraction of sp³-hybridized carbons (Fsp3) is 0.231. The molecule has 6 nitrogen and oxygen atoms in total. The van der Waals surface area contributed by atoms with Crippen LogP contribution in [0.2, 0.25) is 0 Å².